The van der Waals surface area contributed by atoms with Crippen molar-refractivity contribution in [3.63, 3.8) is 0 Å². The van der Waals surface area contributed by atoms with E-state index < -0.39 is 23.0 Å². The normalized spacial score (nSPS) is 10.9. The number of halogens is 1. The summed E-state index contributed by atoms with van der Waals surface area (Å²) in [7, 11) is 0. The van der Waals surface area contributed by atoms with Crippen LogP contribution in [0, 0.1) is 5.82 Å². The van der Waals surface area contributed by atoms with Crippen molar-refractivity contribution in [2.45, 2.75) is 6.54 Å². The summed E-state index contributed by atoms with van der Waals surface area (Å²) in [6, 6.07) is 5.74. The Bertz CT molecular complexity index is 1310. The molecule has 11 heteroatoms. The molecule has 0 aliphatic heterocycles. The standard InChI is InChI=1S/C17H12FN7O3/c18-11-4-2-1-3-9(11)6-25-16(27)10(5-19-17(25)28)15(26)24-14-12-13(21-7-20-12)22-8-23-14/h1-5,7-8H,6H2,(H,19,28)(H2,20,21,22,23,24,26). The van der Waals surface area contributed by atoms with Gasteiger partial charge in [0.1, 0.15) is 23.2 Å². The Kier molecular flexibility index (Phi) is 4.24. The zero-order valence-corrected chi connectivity index (χ0v) is 14.1. The van der Waals surface area contributed by atoms with Gasteiger partial charge in [-0.3, -0.25) is 14.2 Å². The summed E-state index contributed by atoms with van der Waals surface area (Å²) < 4.78 is 14.6. The van der Waals surface area contributed by atoms with Gasteiger partial charge in [-0.1, -0.05) is 18.2 Å². The molecule has 140 valence electrons. The molecule has 0 radical (unpaired) electrons. The number of nitrogens with one attached hydrogen (secondary N) is 3. The summed E-state index contributed by atoms with van der Waals surface area (Å²) in [4.78, 5) is 54.2. The zero-order valence-electron chi connectivity index (χ0n) is 14.1. The van der Waals surface area contributed by atoms with Crippen LogP contribution < -0.4 is 16.6 Å². The molecule has 1 amide bonds. The fraction of sp³-hybridized carbons (Fsp3) is 0.0588. The van der Waals surface area contributed by atoms with Crippen LogP contribution in [0.5, 0.6) is 0 Å². The van der Waals surface area contributed by atoms with E-state index in [0.29, 0.717) is 11.2 Å². The quantitative estimate of drug-likeness (QED) is 0.474. The van der Waals surface area contributed by atoms with Crippen LogP contribution in [0.4, 0.5) is 10.2 Å². The van der Waals surface area contributed by atoms with Crippen LogP contribution >= 0.6 is 0 Å². The summed E-state index contributed by atoms with van der Waals surface area (Å²) in [5, 5.41) is 2.48. The van der Waals surface area contributed by atoms with Crippen molar-refractivity contribution in [2.75, 3.05) is 5.32 Å². The maximum atomic E-state index is 13.9. The van der Waals surface area contributed by atoms with Gasteiger partial charge in [0.05, 0.1) is 12.9 Å². The van der Waals surface area contributed by atoms with Crippen molar-refractivity contribution >= 4 is 22.9 Å². The van der Waals surface area contributed by atoms with Crippen LogP contribution in [-0.4, -0.2) is 35.4 Å². The lowest BCUT2D eigenvalue weighted by Gasteiger charge is -2.08. The van der Waals surface area contributed by atoms with Gasteiger partial charge in [0.15, 0.2) is 11.5 Å². The van der Waals surface area contributed by atoms with Crippen LogP contribution in [-0.2, 0) is 6.54 Å². The van der Waals surface area contributed by atoms with Gasteiger partial charge in [-0.15, -0.1) is 0 Å². The van der Waals surface area contributed by atoms with Crippen molar-refractivity contribution < 1.29 is 9.18 Å². The molecule has 0 aliphatic rings. The number of fused-ring (bicyclic) bond motifs is 1. The van der Waals surface area contributed by atoms with Gasteiger partial charge in [0, 0.05) is 11.8 Å². The molecule has 3 N–H and O–H groups in total. The molecule has 0 bridgehead atoms. The molecular formula is C17H12FN7O3. The van der Waals surface area contributed by atoms with E-state index in [9.17, 15) is 18.8 Å². The summed E-state index contributed by atoms with van der Waals surface area (Å²) in [5.41, 5.74) is -1.09. The van der Waals surface area contributed by atoms with Crippen molar-refractivity contribution in [3.8, 4) is 0 Å². The minimum absolute atomic E-state index is 0.124. The first-order valence-corrected chi connectivity index (χ1v) is 8.06. The Balaban J connectivity index is 1.70. The van der Waals surface area contributed by atoms with E-state index in [1.807, 2.05) is 0 Å². The second-order valence-electron chi connectivity index (χ2n) is 5.77. The van der Waals surface area contributed by atoms with E-state index in [1.54, 1.807) is 6.07 Å². The Labute approximate surface area is 155 Å². The maximum absolute atomic E-state index is 13.9. The number of benzene rings is 1. The highest BCUT2D eigenvalue weighted by Gasteiger charge is 2.18. The van der Waals surface area contributed by atoms with Gasteiger partial charge >= 0.3 is 5.69 Å². The first kappa shape index (κ1) is 17.3. The first-order chi connectivity index (χ1) is 13.5. The number of amides is 1. The largest absolute Gasteiger partial charge is 0.340 e. The highest BCUT2D eigenvalue weighted by Crippen LogP contribution is 2.14. The number of aromatic nitrogens is 6. The third-order valence-electron chi connectivity index (χ3n) is 4.05. The highest BCUT2D eigenvalue weighted by molar-refractivity contribution is 6.06. The highest BCUT2D eigenvalue weighted by atomic mass is 19.1. The lowest BCUT2D eigenvalue weighted by atomic mass is 10.2. The monoisotopic (exact) mass is 381 g/mol. The van der Waals surface area contributed by atoms with Gasteiger partial charge in [0.2, 0.25) is 0 Å². The van der Waals surface area contributed by atoms with E-state index in [4.69, 9.17) is 0 Å². The number of aromatic amines is 2. The summed E-state index contributed by atoms with van der Waals surface area (Å²) in [5.74, 6) is -1.23. The number of carbonyl (C=O) groups is 1. The topological polar surface area (TPSA) is 138 Å². The Morgan fingerprint density at radius 1 is 1.14 bits per heavy atom. The molecule has 3 aromatic heterocycles. The molecule has 28 heavy (non-hydrogen) atoms. The molecule has 0 saturated heterocycles. The van der Waals surface area contributed by atoms with E-state index in [-0.39, 0.29) is 23.5 Å². The molecule has 1 aromatic carbocycles. The van der Waals surface area contributed by atoms with Gasteiger partial charge in [0.25, 0.3) is 11.5 Å². The molecule has 4 rings (SSSR count). The summed E-state index contributed by atoms with van der Waals surface area (Å²) in [6.07, 6.45) is 3.60. The fourth-order valence-electron chi connectivity index (χ4n) is 2.65. The lowest BCUT2D eigenvalue weighted by Crippen LogP contribution is -2.39. The summed E-state index contributed by atoms with van der Waals surface area (Å²) >= 11 is 0. The van der Waals surface area contributed by atoms with Gasteiger partial charge < -0.3 is 15.3 Å². The first-order valence-electron chi connectivity index (χ1n) is 8.06. The van der Waals surface area contributed by atoms with Gasteiger partial charge in [-0.2, -0.15) is 0 Å². The van der Waals surface area contributed by atoms with Crippen LogP contribution in [0.1, 0.15) is 15.9 Å². The predicted molar refractivity (Wildman–Crippen MR) is 96.5 cm³/mol. The van der Waals surface area contributed by atoms with E-state index in [2.05, 4.69) is 30.2 Å². The number of hydrogen-bond acceptors (Lipinski definition) is 6. The number of rotatable bonds is 4. The SMILES string of the molecule is O=C(Nc1ncnc2nc[nH]c12)c1c[nH]c(=O)n(Cc2ccccc2F)c1=O. The minimum atomic E-state index is -0.862. The number of anilines is 1. The molecule has 0 unspecified atom stereocenters. The van der Waals surface area contributed by atoms with Crippen molar-refractivity contribution in [3.05, 3.63) is 80.9 Å². The van der Waals surface area contributed by atoms with Crippen LogP contribution in [0.3, 0.4) is 0 Å². The van der Waals surface area contributed by atoms with Crippen LogP contribution in [0.15, 0.2) is 52.7 Å². The molecular weight excluding hydrogens is 369 g/mol. The molecule has 0 spiro atoms. The third kappa shape index (κ3) is 3.05. The summed E-state index contributed by atoms with van der Waals surface area (Å²) in [6.45, 7) is -0.319. The zero-order chi connectivity index (χ0) is 19.7. The number of imidazole rings is 1. The molecule has 0 aliphatic carbocycles. The number of carbonyl (C=O) groups excluding carboxylic acids is 1. The fourth-order valence-corrected chi connectivity index (χ4v) is 2.65. The second-order valence-corrected chi connectivity index (χ2v) is 5.77. The molecule has 0 saturated carbocycles. The van der Waals surface area contributed by atoms with Gasteiger partial charge in [-0.05, 0) is 6.07 Å². The molecule has 3 heterocycles. The Morgan fingerprint density at radius 3 is 2.79 bits per heavy atom. The van der Waals surface area contributed by atoms with Crippen LogP contribution in [0.25, 0.3) is 11.2 Å². The smallest absolute Gasteiger partial charge is 0.328 e. The molecule has 10 nitrogen and oxygen atoms in total. The average molecular weight is 381 g/mol. The molecule has 0 fully saturated rings. The lowest BCUT2D eigenvalue weighted by molar-refractivity contribution is 0.102. The minimum Gasteiger partial charge on any atom is -0.340 e. The Hall–Kier alpha value is -4.15. The van der Waals surface area contributed by atoms with E-state index in [1.165, 1.54) is 30.9 Å². The second kappa shape index (κ2) is 6.87. The number of hydrogen-bond donors (Lipinski definition) is 3. The predicted octanol–water partition coefficient (Wildman–Crippen LogP) is 0.643. The van der Waals surface area contributed by atoms with E-state index >= 15 is 0 Å². The third-order valence-corrected chi connectivity index (χ3v) is 4.05. The van der Waals surface area contributed by atoms with Crippen molar-refractivity contribution in [1.29, 1.82) is 0 Å². The van der Waals surface area contributed by atoms with Crippen molar-refractivity contribution in [1.82, 2.24) is 29.5 Å². The maximum Gasteiger partial charge on any atom is 0.328 e. The number of H-pyrrole nitrogens is 2. The van der Waals surface area contributed by atoms with E-state index in [0.717, 1.165) is 10.8 Å². The molecule has 0 atom stereocenters. The average Bonchev–Trinajstić information content (AvgIpc) is 3.16. The Morgan fingerprint density at radius 2 is 1.96 bits per heavy atom. The van der Waals surface area contributed by atoms with Gasteiger partial charge in [-0.25, -0.2) is 24.1 Å². The molecule has 4 aromatic rings. The number of nitrogens with zero attached hydrogens (tertiary/aromatic N) is 4. The van der Waals surface area contributed by atoms with Crippen molar-refractivity contribution in [2.24, 2.45) is 0 Å². The van der Waals surface area contributed by atoms with Crippen LogP contribution in [0.2, 0.25) is 0 Å².